The summed E-state index contributed by atoms with van der Waals surface area (Å²) >= 11 is 0. The Morgan fingerprint density at radius 3 is 2.76 bits per heavy atom. The van der Waals surface area contributed by atoms with Gasteiger partial charge in [-0.2, -0.15) is 11.1 Å². The van der Waals surface area contributed by atoms with Crippen LogP contribution in [-0.2, 0) is 0 Å². The first-order valence-electron chi connectivity index (χ1n) is 6.90. The maximum absolute atomic E-state index is 12.4. The smallest absolute Gasteiger partial charge is 0.289 e. The van der Waals surface area contributed by atoms with Gasteiger partial charge in [0.25, 0.3) is 5.91 Å². The van der Waals surface area contributed by atoms with Gasteiger partial charge in [0.1, 0.15) is 5.58 Å². The molecule has 1 aliphatic rings. The maximum atomic E-state index is 12.4. The third-order valence-corrected chi connectivity index (χ3v) is 3.63. The van der Waals surface area contributed by atoms with Gasteiger partial charge in [-0.15, -0.1) is 0 Å². The zero-order chi connectivity index (χ0) is 14.8. The topological polar surface area (TPSA) is 81.6 Å². The lowest BCUT2D eigenvalue weighted by atomic mass is 10.1. The molecule has 1 atom stereocenters. The monoisotopic (exact) mass is 289 g/mol. The second kappa shape index (κ2) is 5.82. The minimum atomic E-state index is -0.114. The molecule has 2 aromatic rings. The highest BCUT2D eigenvalue weighted by Crippen LogP contribution is 2.20. The van der Waals surface area contributed by atoms with Crippen molar-refractivity contribution in [1.82, 2.24) is 26.8 Å². The first-order valence-corrected chi connectivity index (χ1v) is 6.90. The SMILES string of the molecule is CC(CN(C)C(=O)c1cc2ccccc2o1)C1NNNN1. The van der Waals surface area contributed by atoms with Crippen LogP contribution in [0.1, 0.15) is 17.5 Å². The molecule has 1 saturated heterocycles. The van der Waals surface area contributed by atoms with Gasteiger partial charge in [0.05, 0.1) is 6.17 Å². The molecule has 7 nitrogen and oxygen atoms in total. The number of hydrazine groups is 3. The molecule has 0 spiro atoms. The zero-order valence-corrected chi connectivity index (χ0v) is 12.0. The quantitative estimate of drug-likeness (QED) is 0.659. The summed E-state index contributed by atoms with van der Waals surface area (Å²) < 4.78 is 5.61. The predicted molar refractivity (Wildman–Crippen MR) is 78.7 cm³/mol. The van der Waals surface area contributed by atoms with E-state index in [0.29, 0.717) is 12.3 Å². The van der Waals surface area contributed by atoms with Crippen molar-refractivity contribution in [2.45, 2.75) is 13.1 Å². The molecule has 1 unspecified atom stereocenters. The lowest BCUT2D eigenvalue weighted by molar-refractivity contribution is 0.0735. The highest BCUT2D eigenvalue weighted by molar-refractivity contribution is 5.95. The zero-order valence-electron chi connectivity index (χ0n) is 12.0. The molecule has 1 amide bonds. The van der Waals surface area contributed by atoms with Crippen molar-refractivity contribution in [1.29, 1.82) is 0 Å². The van der Waals surface area contributed by atoms with Crippen LogP contribution in [0.3, 0.4) is 0 Å². The molecule has 1 fully saturated rings. The molecule has 2 heterocycles. The van der Waals surface area contributed by atoms with Crippen LogP contribution >= 0.6 is 0 Å². The van der Waals surface area contributed by atoms with E-state index in [1.54, 1.807) is 18.0 Å². The number of nitrogens with zero attached hydrogens (tertiary/aromatic N) is 1. The van der Waals surface area contributed by atoms with Crippen molar-refractivity contribution < 1.29 is 9.21 Å². The number of carbonyl (C=O) groups is 1. The van der Waals surface area contributed by atoms with Crippen molar-refractivity contribution in [2.24, 2.45) is 5.92 Å². The molecule has 1 aromatic heterocycles. The Hall–Kier alpha value is -1.93. The van der Waals surface area contributed by atoms with E-state index >= 15 is 0 Å². The van der Waals surface area contributed by atoms with Gasteiger partial charge in [-0.1, -0.05) is 25.1 Å². The number of rotatable bonds is 4. The fourth-order valence-corrected chi connectivity index (χ4v) is 2.44. The largest absolute Gasteiger partial charge is 0.451 e. The highest BCUT2D eigenvalue weighted by Gasteiger charge is 2.24. The summed E-state index contributed by atoms with van der Waals surface area (Å²) in [5.41, 5.74) is 12.3. The van der Waals surface area contributed by atoms with E-state index in [4.69, 9.17) is 4.42 Å². The summed E-state index contributed by atoms with van der Waals surface area (Å²) in [6.45, 7) is 2.66. The molecule has 21 heavy (non-hydrogen) atoms. The molecular formula is C14H19N5O2. The summed E-state index contributed by atoms with van der Waals surface area (Å²) in [7, 11) is 1.78. The maximum Gasteiger partial charge on any atom is 0.289 e. The Balaban J connectivity index is 1.68. The van der Waals surface area contributed by atoms with Gasteiger partial charge in [-0.05, 0) is 12.1 Å². The molecule has 4 N–H and O–H groups in total. The van der Waals surface area contributed by atoms with Crippen LogP contribution < -0.4 is 21.9 Å². The van der Waals surface area contributed by atoms with Crippen LogP contribution in [0.25, 0.3) is 11.0 Å². The number of hydrogen-bond acceptors (Lipinski definition) is 6. The molecular weight excluding hydrogens is 270 g/mol. The first kappa shape index (κ1) is 14.0. The number of furan rings is 1. The Labute approximate surface area is 122 Å². The predicted octanol–water partition coefficient (Wildman–Crippen LogP) is 0.584. The fraction of sp³-hybridized carbons (Fsp3) is 0.357. The standard InChI is InChI=1S/C14H19N5O2/c1-9(13-15-17-18-16-13)8-19(2)14(20)12-7-10-5-3-4-6-11(10)21-12/h3-7,9,13,15-18H,8H2,1-2H3. The second-order valence-corrected chi connectivity index (χ2v) is 5.33. The van der Waals surface area contributed by atoms with Gasteiger partial charge >= 0.3 is 0 Å². The number of benzene rings is 1. The van der Waals surface area contributed by atoms with Crippen LogP contribution in [0, 0.1) is 5.92 Å². The van der Waals surface area contributed by atoms with Crippen molar-refractivity contribution in [3.05, 3.63) is 36.1 Å². The summed E-state index contributed by atoms with van der Waals surface area (Å²) in [5, 5.41) is 0.940. The summed E-state index contributed by atoms with van der Waals surface area (Å²) in [6, 6.07) is 9.40. The molecule has 3 rings (SSSR count). The molecule has 1 aromatic carbocycles. The van der Waals surface area contributed by atoms with E-state index in [0.717, 1.165) is 11.0 Å². The third kappa shape index (κ3) is 2.91. The Morgan fingerprint density at radius 1 is 1.33 bits per heavy atom. The number of nitrogens with one attached hydrogen (secondary N) is 4. The molecule has 1 aliphatic heterocycles. The minimum Gasteiger partial charge on any atom is -0.451 e. The third-order valence-electron chi connectivity index (χ3n) is 3.63. The number of fused-ring (bicyclic) bond motifs is 1. The van der Waals surface area contributed by atoms with Crippen LogP contribution in [0.15, 0.2) is 34.7 Å². The molecule has 7 heteroatoms. The number of amides is 1. The van der Waals surface area contributed by atoms with E-state index < -0.39 is 0 Å². The Bertz CT molecular complexity index is 602. The summed E-state index contributed by atoms with van der Waals surface area (Å²) in [6.07, 6.45) is 0.0518. The summed E-state index contributed by atoms with van der Waals surface area (Å²) in [5.74, 6) is 0.470. The molecule has 112 valence electrons. The van der Waals surface area contributed by atoms with Gasteiger partial charge in [0, 0.05) is 24.9 Å². The van der Waals surface area contributed by atoms with Gasteiger partial charge in [0.15, 0.2) is 5.76 Å². The normalized spacial score (nSPS) is 17.2. The Morgan fingerprint density at radius 2 is 2.05 bits per heavy atom. The fourth-order valence-electron chi connectivity index (χ4n) is 2.44. The van der Waals surface area contributed by atoms with Crippen molar-refractivity contribution in [3.8, 4) is 0 Å². The van der Waals surface area contributed by atoms with Gasteiger partial charge in [-0.3, -0.25) is 4.79 Å². The van der Waals surface area contributed by atoms with Crippen molar-refractivity contribution in [2.75, 3.05) is 13.6 Å². The van der Waals surface area contributed by atoms with Crippen molar-refractivity contribution >= 4 is 16.9 Å². The highest BCUT2D eigenvalue weighted by atomic mass is 16.3. The number of hydrogen-bond donors (Lipinski definition) is 4. The average Bonchev–Trinajstić information content (AvgIpc) is 3.15. The molecule has 0 saturated carbocycles. The summed E-state index contributed by atoms with van der Waals surface area (Å²) in [4.78, 5) is 14.1. The van der Waals surface area contributed by atoms with Crippen molar-refractivity contribution in [3.63, 3.8) is 0 Å². The first-order chi connectivity index (χ1) is 10.1. The van der Waals surface area contributed by atoms with Crippen LogP contribution in [0.2, 0.25) is 0 Å². The molecule has 0 bridgehead atoms. The lowest BCUT2D eigenvalue weighted by Gasteiger charge is -2.24. The van der Waals surface area contributed by atoms with Crippen LogP contribution in [0.5, 0.6) is 0 Å². The van der Waals surface area contributed by atoms with E-state index in [1.165, 1.54) is 0 Å². The number of para-hydroxylation sites is 1. The second-order valence-electron chi connectivity index (χ2n) is 5.33. The lowest BCUT2D eigenvalue weighted by Crippen LogP contribution is -2.45. The van der Waals surface area contributed by atoms with Crippen LogP contribution in [0.4, 0.5) is 0 Å². The average molecular weight is 289 g/mol. The molecule has 0 aliphatic carbocycles. The van der Waals surface area contributed by atoms with E-state index in [-0.39, 0.29) is 18.0 Å². The number of carbonyl (C=O) groups excluding carboxylic acids is 1. The van der Waals surface area contributed by atoms with E-state index in [1.807, 2.05) is 24.3 Å². The Kier molecular flexibility index (Phi) is 3.89. The van der Waals surface area contributed by atoms with Gasteiger partial charge in [-0.25, -0.2) is 10.9 Å². The van der Waals surface area contributed by atoms with Gasteiger partial charge < -0.3 is 9.32 Å². The van der Waals surface area contributed by atoms with Gasteiger partial charge in [0.2, 0.25) is 0 Å². The van der Waals surface area contributed by atoms with E-state index in [9.17, 15) is 4.79 Å². The molecule has 0 radical (unpaired) electrons. The van der Waals surface area contributed by atoms with Crippen LogP contribution in [-0.4, -0.2) is 30.6 Å². The minimum absolute atomic E-state index is 0.0518. The van der Waals surface area contributed by atoms with E-state index in [2.05, 4.69) is 28.8 Å².